The standard InChI is InChI=1S/4C9H13.2C4H8O.2BH4.2Y/c4*1-6-5-7(2)9(4)8(6)3;2*1-2-4-5-3-1;;;;/h4*5H,1-4H3;2*1-4H2;2*1H4;;/q4*-1;;;2*-1;2*+3. The number of hydrogen-bond acceptors (Lipinski definition) is 2. The van der Waals surface area contributed by atoms with Crippen LogP contribution in [0.15, 0.2) is 24.3 Å². The van der Waals surface area contributed by atoms with Gasteiger partial charge in [0.25, 0.3) is 0 Å². The van der Waals surface area contributed by atoms with Gasteiger partial charge in [-0.3, -0.25) is 0 Å². The van der Waals surface area contributed by atoms with E-state index in [1.807, 2.05) is 0 Å². The second kappa shape index (κ2) is 29.1. The molecule has 6 rings (SSSR count). The van der Waals surface area contributed by atoms with Crippen LogP contribution in [0, 0.1) is 111 Å². The first kappa shape index (κ1) is 56.4. The van der Waals surface area contributed by atoms with Crippen LogP contribution in [0.4, 0.5) is 0 Å². The minimum absolute atomic E-state index is 0. The maximum absolute atomic E-state index is 4.94. The molecule has 50 heavy (non-hydrogen) atoms. The monoisotopic (exact) mass is 836 g/mol. The molecule has 0 aliphatic carbocycles. The first-order chi connectivity index (χ1) is 21.5. The van der Waals surface area contributed by atoms with Crippen molar-refractivity contribution in [3.05, 3.63) is 113 Å². The second-order valence-corrected chi connectivity index (χ2v) is 13.7. The van der Waals surface area contributed by atoms with Gasteiger partial charge in [0, 0.05) is 26.4 Å². The number of ether oxygens (including phenoxy) is 2. The summed E-state index contributed by atoms with van der Waals surface area (Å²) in [6.45, 7) is 38.7. The summed E-state index contributed by atoms with van der Waals surface area (Å²) >= 11 is 0. The summed E-state index contributed by atoms with van der Waals surface area (Å²) in [6, 6.07) is 8.96. The van der Waals surface area contributed by atoms with Crippen LogP contribution in [-0.2, 0) is 74.9 Å². The molecule has 276 valence electrons. The molecule has 2 aliphatic heterocycles. The van der Waals surface area contributed by atoms with Gasteiger partial charge in [-0.2, -0.15) is 113 Å². The van der Waals surface area contributed by atoms with E-state index in [1.165, 1.54) is 115 Å². The van der Waals surface area contributed by atoms with Crippen LogP contribution in [0.1, 0.15) is 115 Å². The topological polar surface area (TPSA) is 18.5 Å². The SMILES string of the molecule is C1CCOC1.C1CCOC1.Cc1[cH-]c(C)c(C)c1C.Cc1c[c-](C)c(C)c1C.Cc1c[c-](C)c(C)c1C.Cc1c[c-](C)c(C)c1C.[BH4-].[BH4-].[Y+3].[Y+3]. The summed E-state index contributed by atoms with van der Waals surface area (Å²) in [7, 11) is 0. The third-order valence-electron chi connectivity index (χ3n) is 10.4. The van der Waals surface area contributed by atoms with E-state index in [0.29, 0.717) is 0 Å². The van der Waals surface area contributed by atoms with Crippen LogP contribution in [0.2, 0.25) is 0 Å². The van der Waals surface area contributed by atoms with Crippen molar-refractivity contribution in [2.45, 2.75) is 136 Å². The van der Waals surface area contributed by atoms with E-state index in [-0.39, 0.29) is 82.2 Å². The van der Waals surface area contributed by atoms with E-state index >= 15 is 0 Å². The van der Waals surface area contributed by atoms with E-state index < -0.39 is 0 Å². The molecule has 0 atom stereocenters. The Morgan fingerprint density at radius 3 is 0.700 bits per heavy atom. The van der Waals surface area contributed by atoms with Crippen LogP contribution in [0.5, 0.6) is 0 Å². The Morgan fingerprint density at radius 1 is 0.420 bits per heavy atom. The molecule has 6 heteroatoms. The van der Waals surface area contributed by atoms with Gasteiger partial charge in [-0.15, -0.1) is 0 Å². The van der Waals surface area contributed by atoms with Gasteiger partial charge in [-0.1, -0.05) is 128 Å². The fourth-order valence-electron chi connectivity index (χ4n) is 5.55. The Morgan fingerprint density at radius 2 is 0.640 bits per heavy atom. The summed E-state index contributed by atoms with van der Waals surface area (Å²) in [5.41, 5.74) is 23.0. The van der Waals surface area contributed by atoms with Gasteiger partial charge in [0.15, 0.2) is 0 Å². The van der Waals surface area contributed by atoms with Gasteiger partial charge in [0.2, 0.25) is 0 Å². The van der Waals surface area contributed by atoms with Crippen molar-refractivity contribution >= 4 is 16.8 Å². The summed E-state index contributed by atoms with van der Waals surface area (Å²) in [6.07, 6.45) is 5.11. The molecule has 0 amide bonds. The van der Waals surface area contributed by atoms with Gasteiger partial charge in [-0.05, 0) is 25.7 Å². The molecule has 0 unspecified atom stereocenters. The number of rotatable bonds is 0. The molecule has 0 spiro atoms. The second-order valence-electron chi connectivity index (χ2n) is 13.7. The summed E-state index contributed by atoms with van der Waals surface area (Å²) in [5.74, 6) is 0. The average Bonchev–Trinajstić information content (AvgIpc) is 3.90. The van der Waals surface area contributed by atoms with Gasteiger partial charge < -0.3 is 9.47 Å². The molecule has 0 bridgehead atoms. The van der Waals surface area contributed by atoms with Crippen molar-refractivity contribution < 1.29 is 74.9 Å². The fourth-order valence-corrected chi connectivity index (χ4v) is 5.55. The first-order valence-corrected chi connectivity index (χ1v) is 17.5. The van der Waals surface area contributed by atoms with Gasteiger partial charge in [-0.25, -0.2) is 0 Å². The molecule has 4 aromatic carbocycles. The van der Waals surface area contributed by atoms with Crippen molar-refractivity contribution in [3.8, 4) is 0 Å². The molecular formula is C44H76B2O2Y2. The third kappa shape index (κ3) is 19.1. The Hall–Kier alpha value is -0.342. The molecule has 2 heterocycles. The molecule has 2 aliphatic rings. The molecule has 0 aromatic heterocycles. The third-order valence-corrected chi connectivity index (χ3v) is 10.4. The van der Waals surface area contributed by atoms with Crippen molar-refractivity contribution in [1.82, 2.24) is 0 Å². The Kier molecular flexibility index (Phi) is 32.8. The van der Waals surface area contributed by atoms with Crippen molar-refractivity contribution in [2.24, 2.45) is 0 Å². The van der Waals surface area contributed by atoms with Gasteiger partial charge >= 0.3 is 65.4 Å². The minimum Gasteiger partial charge on any atom is -0.381 e. The van der Waals surface area contributed by atoms with Crippen molar-refractivity contribution in [1.29, 1.82) is 0 Å². The number of hydrogen-bond donors (Lipinski definition) is 0. The molecule has 0 saturated carbocycles. The zero-order chi connectivity index (χ0) is 35.1. The Labute approximate surface area is 364 Å². The summed E-state index contributed by atoms with van der Waals surface area (Å²) in [5, 5.41) is 0. The molecule has 0 N–H and O–H groups in total. The van der Waals surface area contributed by atoms with E-state index in [4.69, 9.17) is 9.47 Å². The average molecular weight is 837 g/mol. The maximum Gasteiger partial charge on any atom is 3.00 e. The fraction of sp³-hybridized carbons (Fsp3) is 0.545. The summed E-state index contributed by atoms with van der Waals surface area (Å²) < 4.78 is 9.89. The minimum atomic E-state index is 0. The predicted octanol–water partition coefficient (Wildman–Crippen LogP) is 9.24. The van der Waals surface area contributed by atoms with Crippen molar-refractivity contribution in [2.75, 3.05) is 26.4 Å². The van der Waals surface area contributed by atoms with Crippen LogP contribution in [0.3, 0.4) is 0 Å². The van der Waals surface area contributed by atoms with Crippen LogP contribution in [-0.4, -0.2) is 43.3 Å². The first-order valence-electron chi connectivity index (χ1n) is 17.5. The maximum atomic E-state index is 4.94. The van der Waals surface area contributed by atoms with E-state index in [1.54, 1.807) is 0 Å². The van der Waals surface area contributed by atoms with Crippen LogP contribution >= 0.6 is 0 Å². The molecule has 2 nitrogen and oxygen atoms in total. The number of aryl methyl sites for hydroxylation is 8. The smallest absolute Gasteiger partial charge is 0.381 e. The van der Waals surface area contributed by atoms with E-state index in [2.05, 4.69) is 135 Å². The Bertz CT molecular complexity index is 1140. The van der Waals surface area contributed by atoms with Gasteiger partial charge in [0.1, 0.15) is 0 Å². The van der Waals surface area contributed by atoms with Crippen LogP contribution in [0.25, 0.3) is 0 Å². The molecular weight excluding hydrogens is 760 g/mol. The largest absolute Gasteiger partial charge is 3.00 e. The molecule has 4 aromatic rings. The van der Waals surface area contributed by atoms with Crippen molar-refractivity contribution in [3.63, 3.8) is 0 Å². The predicted molar refractivity (Wildman–Crippen MR) is 227 cm³/mol. The summed E-state index contributed by atoms with van der Waals surface area (Å²) in [4.78, 5) is 0. The molecule has 2 saturated heterocycles. The Balaban J connectivity index is -0.000000253. The molecule has 0 radical (unpaired) electrons. The zero-order valence-corrected chi connectivity index (χ0v) is 39.6. The zero-order valence-electron chi connectivity index (χ0n) is 33.9. The normalized spacial score (nSPS) is 12.2. The van der Waals surface area contributed by atoms with Crippen LogP contribution < -0.4 is 0 Å². The van der Waals surface area contributed by atoms with Gasteiger partial charge in [0.05, 0.1) is 0 Å². The van der Waals surface area contributed by atoms with E-state index in [0.717, 1.165) is 26.4 Å². The van der Waals surface area contributed by atoms with E-state index in [9.17, 15) is 0 Å². The molecule has 2 fully saturated rings. The quantitative estimate of drug-likeness (QED) is 0.130.